The molecule has 0 heterocycles. The van der Waals surface area contributed by atoms with Crippen LogP contribution >= 0.6 is 11.6 Å². The van der Waals surface area contributed by atoms with E-state index in [0.717, 1.165) is 15.4 Å². The normalized spacial score (nSPS) is 12.5. The number of carbonyl (C=O) groups excluding carboxylic acids is 2. The summed E-state index contributed by atoms with van der Waals surface area (Å²) in [6.07, 6.45) is 0. The van der Waals surface area contributed by atoms with Gasteiger partial charge in [0.25, 0.3) is 10.0 Å². The molecular weight excluding hydrogens is 534 g/mol. The van der Waals surface area contributed by atoms with Crippen LogP contribution in [0.1, 0.15) is 44.4 Å². The van der Waals surface area contributed by atoms with Crippen molar-refractivity contribution >= 4 is 39.1 Å². The van der Waals surface area contributed by atoms with Crippen molar-refractivity contribution in [2.45, 2.75) is 64.6 Å². The number of benzene rings is 3. The van der Waals surface area contributed by atoms with Crippen LogP contribution in [0.5, 0.6) is 0 Å². The number of rotatable bonds is 9. The van der Waals surface area contributed by atoms with E-state index >= 15 is 0 Å². The third-order valence-electron chi connectivity index (χ3n) is 6.18. The lowest BCUT2D eigenvalue weighted by Crippen LogP contribution is -2.54. The largest absolute Gasteiger partial charge is 0.350 e. The van der Waals surface area contributed by atoms with Gasteiger partial charge in [-0.25, -0.2) is 8.42 Å². The highest BCUT2D eigenvalue weighted by atomic mass is 35.5. The topological polar surface area (TPSA) is 86.8 Å². The van der Waals surface area contributed by atoms with Gasteiger partial charge in [0.15, 0.2) is 0 Å². The summed E-state index contributed by atoms with van der Waals surface area (Å²) >= 11 is 6.16. The van der Waals surface area contributed by atoms with Gasteiger partial charge in [-0.1, -0.05) is 59.6 Å². The number of anilines is 1. The molecule has 2 amide bonds. The van der Waals surface area contributed by atoms with Crippen molar-refractivity contribution in [3.63, 3.8) is 0 Å². The molecule has 7 nitrogen and oxygen atoms in total. The first kappa shape index (κ1) is 30.2. The van der Waals surface area contributed by atoms with Gasteiger partial charge in [-0.2, -0.15) is 0 Å². The summed E-state index contributed by atoms with van der Waals surface area (Å²) in [6.45, 7) is 10.5. The van der Waals surface area contributed by atoms with Crippen LogP contribution in [0, 0.1) is 13.8 Å². The van der Waals surface area contributed by atoms with Crippen LogP contribution in [-0.2, 0) is 26.2 Å². The van der Waals surface area contributed by atoms with Crippen molar-refractivity contribution in [1.82, 2.24) is 10.2 Å². The Morgan fingerprint density at radius 1 is 0.949 bits per heavy atom. The number of sulfonamides is 1. The molecule has 0 radical (unpaired) electrons. The maximum atomic E-state index is 14.0. The van der Waals surface area contributed by atoms with E-state index in [1.165, 1.54) is 17.0 Å². The molecule has 1 N–H and O–H groups in total. The highest BCUT2D eigenvalue weighted by Crippen LogP contribution is 2.29. The second-order valence-electron chi connectivity index (χ2n) is 10.7. The van der Waals surface area contributed by atoms with Gasteiger partial charge in [0, 0.05) is 17.1 Å². The van der Waals surface area contributed by atoms with Crippen molar-refractivity contribution in [1.29, 1.82) is 0 Å². The molecule has 0 aromatic heterocycles. The van der Waals surface area contributed by atoms with E-state index in [9.17, 15) is 18.0 Å². The molecular formula is C30H36ClN3O4S. The molecule has 9 heteroatoms. The predicted octanol–water partition coefficient (Wildman–Crippen LogP) is 5.48. The molecule has 0 spiro atoms. The Morgan fingerprint density at radius 2 is 1.56 bits per heavy atom. The van der Waals surface area contributed by atoms with Crippen LogP contribution < -0.4 is 9.62 Å². The van der Waals surface area contributed by atoms with E-state index in [4.69, 9.17) is 11.6 Å². The van der Waals surface area contributed by atoms with E-state index in [2.05, 4.69) is 5.32 Å². The molecule has 0 fully saturated rings. The number of hydrogen-bond donors (Lipinski definition) is 1. The second kappa shape index (κ2) is 12.2. The Labute approximate surface area is 236 Å². The van der Waals surface area contributed by atoms with Gasteiger partial charge in [0.1, 0.15) is 12.6 Å². The van der Waals surface area contributed by atoms with Crippen molar-refractivity contribution in [2.75, 3.05) is 10.8 Å². The summed E-state index contributed by atoms with van der Waals surface area (Å²) in [5.41, 5.74) is 2.15. The highest BCUT2D eigenvalue weighted by molar-refractivity contribution is 7.92. The minimum Gasteiger partial charge on any atom is -0.350 e. The smallest absolute Gasteiger partial charge is 0.264 e. The van der Waals surface area contributed by atoms with Crippen molar-refractivity contribution in [3.05, 3.63) is 94.5 Å². The van der Waals surface area contributed by atoms with Gasteiger partial charge in [-0.3, -0.25) is 13.9 Å². The van der Waals surface area contributed by atoms with Crippen molar-refractivity contribution in [2.24, 2.45) is 0 Å². The maximum Gasteiger partial charge on any atom is 0.264 e. The molecule has 1 atom stereocenters. The van der Waals surface area contributed by atoms with Crippen molar-refractivity contribution in [3.8, 4) is 0 Å². The van der Waals surface area contributed by atoms with Gasteiger partial charge < -0.3 is 10.2 Å². The molecule has 0 bridgehead atoms. The first-order chi connectivity index (χ1) is 18.2. The van der Waals surface area contributed by atoms with Crippen molar-refractivity contribution < 1.29 is 18.0 Å². The standard InChI is InChI=1S/C30H36ClN3O4S/c1-21-12-15-26(16-13-21)39(37,38)34(27-17-14-25(31)18-22(27)2)20-28(35)33(19-24-10-8-7-9-11-24)23(3)29(36)32-30(4,5)6/h7-18,23H,19-20H2,1-6H3,(H,32,36). The van der Waals surface area contributed by atoms with E-state index in [1.54, 1.807) is 44.2 Å². The van der Waals surface area contributed by atoms with Crippen LogP contribution in [0.25, 0.3) is 0 Å². The molecule has 3 aromatic carbocycles. The lowest BCUT2D eigenvalue weighted by Gasteiger charge is -2.33. The molecule has 3 aromatic rings. The minimum atomic E-state index is -4.14. The molecule has 39 heavy (non-hydrogen) atoms. The number of amides is 2. The Bertz CT molecular complexity index is 1420. The van der Waals surface area contributed by atoms with Gasteiger partial charge >= 0.3 is 0 Å². The number of aryl methyl sites for hydroxylation is 2. The monoisotopic (exact) mass is 569 g/mol. The maximum absolute atomic E-state index is 14.0. The lowest BCUT2D eigenvalue weighted by molar-refractivity contribution is -0.140. The average molecular weight is 570 g/mol. The van der Waals surface area contributed by atoms with Crippen LogP contribution in [0.4, 0.5) is 5.69 Å². The summed E-state index contributed by atoms with van der Waals surface area (Å²) < 4.78 is 29.0. The van der Waals surface area contributed by atoms with Gasteiger partial charge in [-0.05, 0) is 83.0 Å². The first-order valence-electron chi connectivity index (χ1n) is 12.7. The summed E-state index contributed by atoms with van der Waals surface area (Å²) in [5.74, 6) is -0.845. The van der Waals surface area contributed by atoms with Crippen LogP contribution in [0.3, 0.4) is 0 Å². The number of nitrogens with zero attached hydrogens (tertiary/aromatic N) is 2. The first-order valence-corrected chi connectivity index (χ1v) is 14.5. The van der Waals surface area contributed by atoms with Crippen LogP contribution in [0.15, 0.2) is 77.7 Å². The molecule has 1 unspecified atom stereocenters. The lowest BCUT2D eigenvalue weighted by atomic mass is 10.1. The average Bonchev–Trinajstić information content (AvgIpc) is 2.85. The fourth-order valence-corrected chi connectivity index (χ4v) is 5.79. The fraction of sp³-hybridized carbons (Fsp3) is 0.333. The summed E-state index contributed by atoms with van der Waals surface area (Å²) in [5, 5.41) is 3.37. The molecule has 0 aliphatic heterocycles. The quantitative estimate of drug-likeness (QED) is 0.369. The zero-order chi connectivity index (χ0) is 29.0. The molecule has 208 valence electrons. The van der Waals surface area contributed by atoms with E-state index < -0.39 is 34.1 Å². The predicted molar refractivity (Wildman–Crippen MR) is 156 cm³/mol. The number of halogens is 1. The SMILES string of the molecule is Cc1ccc(S(=O)(=O)N(CC(=O)N(Cc2ccccc2)C(C)C(=O)NC(C)(C)C)c2ccc(Cl)cc2C)cc1. The Hall–Kier alpha value is -3.36. The third-order valence-corrected chi connectivity index (χ3v) is 8.19. The molecule has 0 saturated carbocycles. The molecule has 0 aliphatic rings. The van der Waals surface area contributed by atoms with Gasteiger partial charge in [0.2, 0.25) is 11.8 Å². The number of hydrogen-bond acceptors (Lipinski definition) is 4. The molecule has 3 rings (SSSR count). The van der Waals surface area contributed by atoms with Crippen LogP contribution in [0.2, 0.25) is 5.02 Å². The highest BCUT2D eigenvalue weighted by Gasteiger charge is 2.33. The summed E-state index contributed by atoms with van der Waals surface area (Å²) in [7, 11) is -4.14. The Kier molecular flexibility index (Phi) is 9.46. The summed E-state index contributed by atoms with van der Waals surface area (Å²) in [6, 6.07) is 19.7. The van der Waals surface area contributed by atoms with E-state index in [-0.39, 0.29) is 17.3 Å². The second-order valence-corrected chi connectivity index (χ2v) is 13.0. The number of carbonyl (C=O) groups is 2. The number of nitrogens with one attached hydrogen (secondary N) is 1. The Morgan fingerprint density at radius 3 is 2.13 bits per heavy atom. The summed E-state index contributed by atoms with van der Waals surface area (Å²) in [4.78, 5) is 28.6. The molecule has 0 saturated heterocycles. The Balaban J connectivity index is 2.06. The van der Waals surface area contributed by atoms with Gasteiger partial charge in [-0.15, -0.1) is 0 Å². The van der Waals surface area contributed by atoms with Gasteiger partial charge in [0.05, 0.1) is 10.6 Å². The fourth-order valence-electron chi connectivity index (χ4n) is 4.09. The minimum absolute atomic E-state index is 0.0587. The molecule has 0 aliphatic carbocycles. The zero-order valence-corrected chi connectivity index (χ0v) is 24.8. The zero-order valence-electron chi connectivity index (χ0n) is 23.2. The van der Waals surface area contributed by atoms with Crippen LogP contribution in [-0.4, -0.2) is 43.3 Å². The third kappa shape index (κ3) is 7.83. The van der Waals surface area contributed by atoms with E-state index in [0.29, 0.717) is 16.3 Å². The van der Waals surface area contributed by atoms with E-state index in [1.807, 2.05) is 58.0 Å².